The number of aromatic amines is 1. The number of carbonyl (C=O) groups is 1. The van der Waals surface area contributed by atoms with Crippen molar-refractivity contribution in [1.29, 1.82) is 0 Å². The lowest BCUT2D eigenvalue weighted by Gasteiger charge is -2.19. The Morgan fingerprint density at radius 2 is 2.00 bits per heavy atom. The first-order valence-electron chi connectivity index (χ1n) is 8.17. The van der Waals surface area contributed by atoms with Gasteiger partial charge in [0.05, 0.1) is 6.20 Å². The van der Waals surface area contributed by atoms with E-state index < -0.39 is 5.60 Å². The van der Waals surface area contributed by atoms with Crippen LogP contribution in [-0.2, 0) is 11.2 Å². The molecule has 0 unspecified atom stereocenters. The number of unbranched alkanes of at least 4 members (excludes halogenated alkanes) is 1. The summed E-state index contributed by atoms with van der Waals surface area (Å²) < 4.78 is 5.84. The van der Waals surface area contributed by atoms with Gasteiger partial charge in [-0.1, -0.05) is 13.8 Å². The first-order valence-corrected chi connectivity index (χ1v) is 8.97. The number of ether oxygens (including phenoxy) is 1. The molecule has 2 heterocycles. The molecule has 8 heteroatoms. The highest BCUT2D eigenvalue weighted by atomic mass is 79.9. The number of alkyl carbamates (subject to hydrolysis) is 1. The van der Waals surface area contributed by atoms with Crippen LogP contribution in [0.4, 0.5) is 4.79 Å². The van der Waals surface area contributed by atoms with E-state index in [0.29, 0.717) is 22.4 Å². The molecule has 0 aliphatic heterocycles. The Morgan fingerprint density at radius 3 is 2.67 bits per heavy atom. The molecule has 2 N–H and O–H groups in total. The molecular weight excluding hydrogens is 374 g/mol. The van der Waals surface area contributed by atoms with E-state index in [1.807, 2.05) is 34.6 Å². The average molecular weight is 400 g/mol. The molecule has 0 bridgehead atoms. The number of hydrogen-bond donors (Lipinski definition) is 2. The van der Waals surface area contributed by atoms with E-state index in [-0.39, 0.29) is 6.09 Å². The summed E-state index contributed by atoms with van der Waals surface area (Å²) in [4.78, 5) is 27.4. The minimum atomic E-state index is -0.466. The number of halogens is 1. The van der Waals surface area contributed by atoms with Crippen LogP contribution in [-0.4, -0.2) is 38.2 Å². The van der Waals surface area contributed by atoms with Gasteiger partial charge in [0.1, 0.15) is 16.0 Å². The molecule has 24 heavy (non-hydrogen) atoms. The van der Waals surface area contributed by atoms with E-state index in [1.54, 1.807) is 6.20 Å². The molecule has 0 fully saturated rings. The molecule has 2 aromatic rings. The number of aromatic nitrogens is 4. The molecule has 0 radical (unpaired) electrons. The largest absolute Gasteiger partial charge is 0.444 e. The van der Waals surface area contributed by atoms with Gasteiger partial charge in [0, 0.05) is 13.0 Å². The van der Waals surface area contributed by atoms with Gasteiger partial charge in [-0.25, -0.2) is 19.7 Å². The molecule has 1 amide bonds. The number of hydrogen-bond acceptors (Lipinski definition) is 5. The highest BCUT2D eigenvalue weighted by Gasteiger charge is 2.15. The van der Waals surface area contributed by atoms with Crippen LogP contribution in [0, 0.1) is 0 Å². The third kappa shape index (κ3) is 7.25. The summed E-state index contributed by atoms with van der Waals surface area (Å²) in [5.74, 6) is 0.852. The SMILES string of the molecule is CC.CC(C)(C)OC(=O)NCCCCc1nc2ncc(Br)nc2[nH]1. The Kier molecular flexibility index (Phi) is 8.10. The lowest BCUT2D eigenvalue weighted by atomic mass is 10.2. The molecule has 0 saturated heterocycles. The van der Waals surface area contributed by atoms with Crippen molar-refractivity contribution in [3.63, 3.8) is 0 Å². The summed E-state index contributed by atoms with van der Waals surface area (Å²) in [7, 11) is 0. The Balaban J connectivity index is 0.00000139. The van der Waals surface area contributed by atoms with Gasteiger partial charge >= 0.3 is 6.09 Å². The third-order valence-corrected chi connectivity index (χ3v) is 3.12. The third-order valence-electron chi connectivity index (χ3n) is 2.74. The van der Waals surface area contributed by atoms with Crippen LogP contribution in [0.15, 0.2) is 10.8 Å². The number of aryl methyl sites for hydroxylation is 1. The van der Waals surface area contributed by atoms with Crippen LogP contribution < -0.4 is 5.32 Å². The van der Waals surface area contributed by atoms with E-state index in [2.05, 4.69) is 41.2 Å². The Morgan fingerprint density at radius 1 is 1.29 bits per heavy atom. The number of carbonyl (C=O) groups excluding carboxylic acids is 1. The number of nitrogens with zero attached hydrogens (tertiary/aromatic N) is 3. The number of H-pyrrole nitrogens is 1. The number of nitrogens with one attached hydrogen (secondary N) is 2. The lowest BCUT2D eigenvalue weighted by molar-refractivity contribution is 0.0527. The van der Waals surface area contributed by atoms with E-state index in [1.165, 1.54) is 0 Å². The van der Waals surface area contributed by atoms with E-state index in [9.17, 15) is 4.79 Å². The van der Waals surface area contributed by atoms with Crippen molar-refractivity contribution in [3.05, 3.63) is 16.6 Å². The highest BCUT2D eigenvalue weighted by Crippen LogP contribution is 2.12. The van der Waals surface area contributed by atoms with Crippen LogP contribution in [0.5, 0.6) is 0 Å². The molecule has 0 spiro atoms. The second kappa shape index (κ2) is 9.56. The first-order chi connectivity index (χ1) is 11.3. The molecule has 134 valence electrons. The quantitative estimate of drug-likeness (QED) is 0.741. The summed E-state index contributed by atoms with van der Waals surface area (Å²) >= 11 is 3.28. The molecule has 0 aliphatic rings. The van der Waals surface area contributed by atoms with Crippen molar-refractivity contribution in [3.8, 4) is 0 Å². The minimum Gasteiger partial charge on any atom is -0.444 e. The summed E-state index contributed by atoms with van der Waals surface area (Å²) in [6.45, 7) is 10.1. The van der Waals surface area contributed by atoms with Crippen LogP contribution in [0.2, 0.25) is 0 Å². The van der Waals surface area contributed by atoms with Gasteiger partial charge in [0.25, 0.3) is 0 Å². The van der Waals surface area contributed by atoms with E-state index >= 15 is 0 Å². The summed E-state index contributed by atoms with van der Waals surface area (Å²) in [5.41, 5.74) is 0.827. The van der Waals surface area contributed by atoms with Gasteiger partial charge < -0.3 is 15.0 Å². The van der Waals surface area contributed by atoms with Crippen LogP contribution in [0.25, 0.3) is 11.3 Å². The minimum absolute atomic E-state index is 0.380. The lowest BCUT2D eigenvalue weighted by Crippen LogP contribution is -2.33. The van der Waals surface area contributed by atoms with E-state index in [4.69, 9.17) is 4.74 Å². The van der Waals surface area contributed by atoms with Gasteiger partial charge in [-0.2, -0.15) is 0 Å². The Labute approximate surface area is 151 Å². The van der Waals surface area contributed by atoms with Crippen LogP contribution in [0.3, 0.4) is 0 Å². The van der Waals surface area contributed by atoms with Crippen molar-refractivity contribution < 1.29 is 9.53 Å². The first kappa shape index (κ1) is 20.3. The number of rotatable bonds is 5. The van der Waals surface area contributed by atoms with Crippen LogP contribution >= 0.6 is 15.9 Å². The van der Waals surface area contributed by atoms with Gasteiger partial charge in [-0.15, -0.1) is 0 Å². The number of fused-ring (bicyclic) bond motifs is 1. The zero-order valence-corrected chi connectivity index (χ0v) is 16.5. The van der Waals surface area contributed by atoms with Crippen molar-refractivity contribution in [2.45, 2.75) is 59.5 Å². The van der Waals surface area contributed by atoms with Crippen molar-refractivity contribution >= 4 is 33.3 Å². The maximum atomic E-state index is 11.5. The monoisotopic (exact) mass is 399 g/mol. The smallest absolute Gasteiger partial charge is 0.407 e. The van der Waals surface area contributed by atoms with Gasteiger partial charge in [-0.3, -0.25) is 0 Å². The predicted molar refractivity (Wildman–Crippen MR) is 97.9 cm³/mol. The van der Waals surface area contributed by atoms with Crippen molar-refractivity contribution in [1.82, 2.24) is 25.3 Å². The fraction of sp³-hybridized carbons (Fsp3) is 0.625. The van der Waals surface area contributed by atoms with Gasteiger partial charge in [0.2, 0.25) is 0 Å². The van der Waals surface area contributed by atoms with Crippen molar-refractivity contribution in [2.75, 3.05) is 6.54 Å². The summed E-state index contributed by atoms with van der Waals surface area (Å²) in [5, 5.41) is 2.74. The fourth-order valence-electron chi connectivity index (χ4n) is 1.86. The number of imidazole rings is 1. The maximum absolute atomic E-state index is 11.5. The highest BCUT2D eigenvalue weighted by molar-refractivity contribution is 9.10. The zero-order chi connectivity index (χ0) is 18.2. The normalized spacial score (nSPS) is 10.9. The fourth-order valence-corrected chi connectivity index (χ4v) is 2.14. The summed E-state index contributed by atoms with van der Waals surface area (Å²) in [6.07, 6.45) is 3.77. The topological polar surface area (TPSA) is 92.8 Å². The molecule has 0 aromatic carbocycles. The standard InChI is InChI=1S/C14H20BrN5O2.C2H6/c1-14(2,3)22-13(21)16-7-5-4-6-10-19-11-12(20-10)18-9(15)8-17-11;1-2/h8H,4-7H2,1-3H3,(H,16,21)(H,17,18,19,20);1-2H3. The molecule has 0 atom stereocenters. The summed E-state index contributed by atoms with van der Waals surface area (Å²) in [6, 6.07) is 0. The predicted octanol–water partition coefficient (Wildman–Crippen LogP) is 3.99. The Hall–Kier alpha value is -1.70. The van der Waals surface area contributed by atoms with Gasteiger partial charge in [0.15, 0.2) is 11.3 Å². The molecule has 2 rings (SSSR count). The zero-order valence-electron chi connectivity index (χ0n) is 14.9. The van der Waals surface area contributed by atoms with E-state index in [0.717, 1.165) is 25.1 Å². The molecule has 0 saturated carbocycles. The maximum Gasteiger partial charge on any atom is 0.407 e. The second-order valence-corrected chi connectivity index (χ2v) is 6.75. The molecule has 0 aliphatic carbocycles. The second-order valence-electron chi connectivity index (χ2n) is 5.93. The molecule has 7 nitrogen and oxygen atoms in total. The molecule has 2 aromatic heterocycles. The average Bonchev–Trinajstić information content (AvgIpc) is 2.89. The number of amides is 1. The van der Waals surface area contributed by atoms with Gasteiger partial charge in [-0.05, 0) is 49.5 Å². The Bertz CT molecular complexity index is 651. The van der Waals surface area contributed by atoms with Crippen LogP contribution in [0.1, 0.15) is 53.3 Å². The molecular formula is C16H26BrN5O2. The van der Waals surface area contributed by atoms with Crippen molar-refractivity contribution in [2.24, 2.45) is 0 Å².